The number of nitrogens with zero attached hydrogens (tertiary/aromatic N) is 3. The van der Waals surface area contributed by atoms with Crippen LogP contribution in [-0.4, -0.2) is 27.5 Å². The van der Waals surface area contributed by atoms with E-state index in [-0.39, 0.29) is 17.9 Å². The van der Waals surface area contributed by atoms with E-state index >= 15 is 0 Å². The van der Waals surface area contributed by atoms with Crippen LogP contribution in [0.2, 0.25) is 0 Å². The molecule has 0 unspecified atom stereocenters. The number of benzene rings is 2. The Labute approximate surface area is 196 Å². The van der Waals surface area contributed by atoms with Gasteiger partial charge in [-0.1, -0.05) is 23.4 Å². The Balaban J connectivity index is 1.57. The van der Waals surface area contributed by atoms with Gasteiger partial charge in [0.15, 0.2) is 11.5 Å². The number of hydrogen-bond donors (Lipinski definition) is 1. The number of hydrogen-bond acceptors (Lipinski definition) is 6. The van der Waals surface area contributed by atoms with Crippen LogP contribution in [0.5, 0.6) is 11.5 Å². The lowest BCUT2D eigenvalue weighted by atomic mass is 10.1. The molecule has 0 saturated heterocycles. The van der Waals surface area contributed by atoms with Gasteiger partial charge >= 0.3 is 0 Å². The molecule has 0 bridgehead atoms. The molecule has 34 heavy (non-hydrogen) atoms. The second-order valence-electron chi connectivity index (χ2n) is 7.85. The van der Waals surface area contributed by atoms with Crippen molar-refractivity contribution in [3.8, 4) is 17.2 Å². The van der Waals surface area contributed by atoms with E-state index in [0.29, 0.717) is 34.2 Å². The van der Waals surface area contributed by atoms with E-state index in [0.717, 1.165) is 11.3 Å². The number of rotatable bonds is 7. The van der Waals surface area contributed by atoms with Gasteiger partial charge < -0.3 is 19.3 Å². The zero-order valence-electron chi connectivity index (χ0n) is 19.7. The molecule has 0 radical (unpaired) electrons. The van der Waals surface area contributed by atoms with Crippen molar-refractivity contribution in [3.63, 3.8) is 0 Å². The number of anilines is 1. The van der Waals surface area contributed by atoms with Gasteiger partial charge in [-0.15, -0.1) is 0 Å². The minimum absolute atomic E-state index is 0.217. The van der Waals surface area contributed by atoms with E-state index in [4.69, 9.17) is 14.0 Å². The third kappa shape index (κ3) is 4.19. The molecule has 4 aromatic rings. The first kappa shape index (κ1) is 22.9. The fourth-order valence-electron chi connectivity index (χ4n) is 3.68. The average Bonchev–Trinajstić information content (AvgIpc) is 3.27. The first-order valence-electron chi connectivity index (χ1n) is 10.7. The number of carbonyl (C=O) groups is 1. The topological polar surface area (TPSA) is 101 Å². The van der Waals surface area contributed by atoms with Crippen LogP contribution in [0.3, 0.4) is 0 Å². The molecule has 9 nitrogen and oxygen atoms in total. The monoisotopic (exact) mass is 462 g/mol. The number of para-hydroxylation sites is 1. The van der Waals surface area contributed by atoms with E-state index in [2.05, 4.69) is 10.5 Å². The van der Waals surface area contributed by atoms with Gasteiger partial charge in [0.25, 0.3) is 11.5 Å². The molecule has 0 aliphatic rings. The van der Waals surface area contributed by atoms with Crippen LogP contribution in [-0.2, 0) is 13.7 Å². The number of amides is 1. The van der Waals surface area contributed by atoms with E-state index in [9.17, 15) is 9.59 Å². The van der Waals surface area contributed by atoms with Crippen molar-refractivity contribution >= 4 is 11.6 Å². The van der Waals surface area contributed by atoms with E-state index in [1.807, 2.05) is 44.2 Å². The summed E-state index contributed by atoms with van der Waals surface area (Å²) in [6.07, 6.45) is 0. The van der Waals surface area contributed by atoms with Gasteiger partial charge in [-0.05, 0) is 51.1 Å². The van der Waals surface area contributed by atoms with Gasteiger partial charge in [-0.2, -0.15) is 0 Å². The highest BCUT2D eigenvalue weighted by Gasteiger charge is 2.20. The summed E-state index contributed by atoms with van der Waals surface area (Å²) < 4.78 is 19.7. The number of nitrogens with one attached hydrogen (secondary N) is 1. The zero-order chi connectivity index (χ0) is 24.4. The standard InChI is InChI=1S/C25H26N4O5/c1-15-20(17(3)34-27-15)14-33-21-12-11-18(13-22(21)32-5)24(30)26-23-16(2)28(4)29(25(23)31)19-9-7-6-8-10-19/h6-13H,14H2,1-5H3,(H,26,30). The molecule has 0 aliphatic carbocycles. The second kappa shape index (κ2) is 9.30. The third-order valence-corrected chi connectivity index (χ3v) is 5.77. The molecule has 1 N–H and O–H groups in total. The fourth-order valence-corrected chi connectivity index (χ4v) is 3.68. The summed E-state index contributed by atoms with van der Waals surface area (Å²) in [5.74, 6) is 1.13. The Bertz CT molecular complexity index is 1380. The Morgan fingerprint density at radius 1 is 1.09 bits per heavy atom. The van der Waals surface area contributed by atoms with Crippen molar-refractivity contribution < 1.29 is 18.8 Å². The van der Waals surface area contributed by atoms with Gasteiger partial charge in [0.1, 0.15) is 18.1 Å². The summed E-state index contributed by atoms with van der Waals surface area (Å²) in [4.78, 5) is 26.1. The zero-order valence-corrected chi connectivity index (χ0v) is 19.7. The lowest BCUT2D eigenvalue weighted by molar-refractivity contribution is 0.102. The van der Waals surface area contributed by atoms with Crippen LogP contribution in [0.1, 0.15) is 33.1 Å². The average molecular weight is 463 g/mol. The quantitative estimate of drug-likeness (QED) is 0.447. The first-order valence-corrected chi connectivity index (χ1v) is 10.7. The van der Waals surface area contributed by atoms with Crippen molar-refractivity contribution in [2.75, 3.05) is 12.4 Å². The summed E-state index contributed by atoms with van der Waals surface area (Å²) in [5, 5.41) is 6.68. The molecule has 0 atom stereocenters. The molecule has 0 aliphatic heterocycles. The number of aromatic nitrogens is 3. The molecule has 2 heterocycles. The van der Waals surface area contributed by atoms with Crippen molar-refractivity contribution in [1.29, 1.82) is 0 Å². The molecule has 1 amide bonds. The first-order chi connectivity index (χ1) is 16.3. The molecule has 4 rings (SSSR count). The molecular formula is C25H26N4O5. The van der Waals surface area contributed by atoms with Crippen LogP contribution in [0.25, 0.3) is 5.69 Å². The van der Waals surface area contributed by atoms with Gasteiger partial charge in [-0.25, -0.2) is 4.68 Å². The van der Waals surface area contributed by atoms with E-state index in [1.54, 1.807) is 36.9 Å². The predicted octanol–water partition coefficient (Wildman–Crippen LogP) is 3.93. The van der Waals surface area contributed by atoms with Crippen LogP contribution < -0.4 is 20.3 Å². The minimum Gasteiger partial charge on any atom is -0.493 e. The Morgan fingerprint density at radius 3 is 2.47 bits per heavy atom. The highest BCUT2D eigenvalue weighted by atomic mass is 16.5. The third-order valence-electron chi connectivity index (χ3n) is 5.77. The molecule has 9 heteroatoms. The van der Waals surface area contributed by atoms with Crippen LogP contribution in [0.4, 0.5) is 5.69 Å². The maximum Gasteiger partial charge on any atom is 0.295 e. The fraction of sp³-hybridized carbons (Fsp3) is 0.240. The Kier molecular flexibility index (Phi) is 6.27. The lowest BCUT2D eigenvalue weighted by Crippen LogP contribution is -2.23. The Hall–Kier alpha value is -4.27. The summed E-state index contributed by atoms with van der Waals surface area (Å²) in [7, 11) is 3.27. The van der Waals surface area contributed by atoms with Crippen molar-refractivity contribution in [3.05, 3.63) is 87.2 Å². The normalized spacial score (nSPS) is 10.9. The van der Waals surface area contributed by atoms with Crippen LogP contribution >= 0.6 is 0 Å². The number of carbonyl (C=O) groups excluding carboxylic acids is 1. The van der Waals surface area contributed by atoms with E-state index in [1.165, 1.54) is 11.8 Å². The van der Waals surface area contributed by atoms with Gasteiger partial charge in [-0.3, -0.25) is 14.3 Å². The highest BCUT2D eigenvalue weighted by Crippen LogP contribution is 2.30. The van der Waals surface area contributed by atoms with Gasteiger partial charge in [0.2, 0.25) is 0 Å². The van der Waals surface area contributed by atoms with Crippen molar-refractivity contribution in [1.82, 2.24) is 14.5 Å². The number of methoxy groups -OCH3 is 1. The highest BCUT2D eigenvalue weighted by molar-refractivity contribution is 6.04. The van der Waals surface area contributed by atoms with Gasteiger partial charge in [0.05, 0.1) is 29.7 Å². The maximum absolute atomic E-state index is 13.1. The molecule has 0 fully saturated rings. The van der Waals surface area contributed by atoms with E-state index < -0.39 is 5.91 Å². The molecule has 0 spiro atoms. The maximum atomic E-state index is 13.1. The predicted molar refractivity (Wildman–Crippen MR) is 127 cm³/mol. The van der Waals surface area contributed by atoms with Crippen molar-refractivity contribution in [2.45, 2.75) is 27.4 Å². The minimum atomic E-state index is -0.429. The SMILES string of the molecule is COc1cc(C(=O)Nc2c(C)n(C)n(-c3ccccc3)c2=O)ccc1OCc1c(C)noc1C. The number of aryl methyl sites for hydroxylation is 2. The summed E-state index contributed by atoms with van der Waals surface area (Å²) in [6, 6.07) is 14.1. The lowest BCUT2D eigenvalue weighted by Gasteiger charge is -2.12. The molecule has 2 aromatic carbocycles. The summed E-state index contributed by atoms with van der Waals surface area (Å²) in [5.41, 5.74) is 3.19. The smallest absolute Gasteiger partial charge is 0.295 e. The largest absolute Gasteiger partial charge is 0.493 e. The molecule has 2 aromatic heterocycles. The van der Waals surface area contributed by atoms with Crippen LogP contribution in [0, 0.1) is 20.8 Å². The molecule has 0 saturated carbocycles. The van der Waals surface area contributed by atoms with Crippen LogP contribution in [0.15, 0.2) is 57.8 Å². The van der Waals surface area contributed by atoms with Gasteiger partial charge in [0, 0.05) is 12.6 Å². The van der Waals surface area contributed by atoms with Crippen molar-refractivity contribution in [2.24, 2.45) is 7.05 Å². The molecular weight excluding hydrogens is 436 g/mol. The molecule has 176 valence electrons. The second-order valence-corrected chi connectivity index (χ2v) is 7.85. The Morgan fingerprint density at radius 2 is 1.82 bits per heavy atom. The summed E-state index contributed by atoms with van der Waals surface area (Å²) in [6.45, 7) is 5.70. The number of ether oxygens (including phenoxy) is 2. The summed E-state index contributed by atoms with van der Waals surface area (Å²) >= 11 is 0.